The van der Waals surface area contributed by atoms with Crippen LogP contribution in [0.5, 0.6) is 0 Å². The first kappa shape index (κ1) is 14.8. The molecular formula is C14H9Br2FOS. The molecule has 0 N–H and O–H groups in total. The maximum absolute atomic E-state index is 13.5. The lowest BCUT2D eigenvalue weighted by Gasteiger charge is -2.04. The molecule has 0 bridgehead atoms. The minimum Gasteiger partial charge on any atom is -0.293 e. The minimum atomic E-state index is -0.482. The van der Waals surface area contributed by atoms with E-state index in [9.17, 15) is 9.18 Å². The molecule has 0 saturated carbocycles. The van der Waals surface area contributed by atoms with Crippen LogP contribution in [0.1, 0.15) is 10.4 Å². The first-order valence-electron chi connectivity index (χ1n) is 5.43. The molecule has 0 unspecified atom stereocenters. The Morgan fingerprint density at radius 3 is 2.37 bits per heavy atom. The Morgan fingerprint density at radius 1 is 1.05 bits per heavy atom. The summed E-state index contributed by atoms with van der Waals surface area (Å²) in [6.07, 6.45) is 0. The molecule has 0 spiro atoms. The molecule has 1 nitrogen and oxygen atoms in total. The Hall–Kier alpha value is -0.650. The first-order chi connectivity index (χ1) is 9.06. The number of carbonyl (C=O) groups is 1. The van der Waals surface area contributed by atoms with Crippen LogP contribution in [0.15, 0.2) is 56.3 Å². The smallest absolute Gasteiger partial charge is 0.176 e. The van der Waals surface area contributed by atoms with Crippen LogP contribution in [0.25, 0.3) is 0 Å². The molecule has 19 heavy (non-hydrogen) atoms. The van der Waals surface area contributed by atoms with Crippen LogP contribution in [-0.2, 0) is 0 Å². The molecule has 0 atom stereocenters. The Kier molecular flexibility index (Phi) is 5.19. The summed E-state index contributed by atoms with van der Waals surface area (Å²) in [6, 6.07) is 12.0. The van der Waals surface area contributed by atoms with Gasteiger partial charge in [0.25, 0.3) is 0 Å². The van der Waals surface area contributed by atoms with Gasteiger partial charge in [0.15, 0.2) is 5.78 Å². The molecule has 0 heterocycles. The topological polar surface area (TPSA) is 17.1 Å². The van der Waals surface area contributed by atoms with Gasteiger partial charge in [0.05, 0.1) is 11.3 Å². The third-order valence-corrected chi connectivity index (χ3v) is 4.45. The maximum atomic E-state index is 13.5. The normalized spacial score (nSPS) is 10.5. The SMILES string of the molecule is O=C(CSc1ccc(Br)cc1)c1cc(Br)ccc1F. The zero-order valence-electron chi connectivity index (χ0n) is 9.70. The number of carbonyl (C=O) groups excluding carboxylic acids is 1. The maximum Gasteiger partial charge on any atom is 0.176 e. The van der Waals surface area contributed by atoms with E-state index in [4.69, 9.17) is 0 Å². The Morgan fingerprint density at radius 2 is 1.68 bits per heavy atom. The van der Waals surface area contributed by atoms with E-state index in [0.29, 0.717) is 4.47 Å². The predicted octanol–water partition coefficient (Wildman–Crippen LogP) is 5.33. The van der Waals surface area contributed by atoms with Crippen LogP contribution in [0.2, 0.25) is 0 Å². The van der Waals surface area contributed by atoms with Crippen molar-refractivity contribution >= 4 is 49.4 Å². The molecule has 0 saturated heterocycles. The number of halogens is 3. The summed E-state index contributed by atoms with van der Waals surface area (Å²) >= 11 is 7.98. The number of thioether (sulfide) groups is 1. The molecule has 0 aliphatic heterocycles. The number of hydrogen-bond acceptors (Lipinski definition) is 2. The van der Waals surface area contributed by atoms with Crippen LogP contribution < -0.4 is 0 Å². The highest BCUT2D eigenvalue weighted by Crippen LogP contribution is 2.23. The Bertz CT molecular complexity index is 599. The van der Waals surface area contributed by atoms with Gasteiger partial charge in [-0.15, -0.1) is 11.8 Å². The fourth-order valence-corrected chi connectivity index (χ4v) is 2.88. The third-order valence-electron chi connectivity index (χ3n) is 2.41. The van der Waals surface area contributed by atoms with E-state index in [1.165, 1.54) is 23.9 Å². The van der Waals surface area contributed by atoms with Gasteiger partial charge in [0.2, 0.25) is 0 Å². The second-order valence-corrected chi connectivity index (χ2v) is 6.67. The Balaban J connectivity index is 2.05. The predicted molar refractivity (Wildman–Crippen MR) is 83.3 cm³/mol. The number of benzene rings is 2. The zero-order valence-corrected chi connectivity index (χ0v) is 13.7. The lowest BCUT2D eigenvalue weighted by molar-refractivity contribution is 0.101. The second-order valence-electron chi connectivity index (χ2n) is 3.79. The highest BCUT2D eigenvalue weighted by molar-refractivity contribution is 9.10. The lowest BCUT2D eigenvalue weighted by Crippen LogP contribution is -2.05. The van der Waals surface area contributed by atoms with Crippen LogP contribution in [-0.4, -0.2) is 11.5 Å². The average Bonchev–Trinajstić information content (AvgIpc) is 2.40. The molecule has 2 aromatic carbocycles. The first-order valence-corrected chi connectivity index (χ1v) is 8.00. The summed E-state index contributed by atoms with van der Waals surface area (Å²) in [4.78, 5) is 12.9. The molecular weight excluding hydrogens is 395 g/mol. The van der Waals surface area contributed by atoms with Gasteiger partial charge in [-0.05, 0) is 42.5 Å². The minimum absolute atomic E-state index is 0.124. The van der Waals surface area contributed by atoms with E-state index >= 15 is 0 Å². The second kappa shape index (κ2) is 6.68. The van der Waals surface area contributed by atoms with Crippen molar-refractivity contribution in [2.75, 3.05) is 5.75 Å². The molecule has 2 aromatic rings. The monoisotopic (exact) mass is 402 g/mol. The van der Waals surface area contributed by atoms with E-state index in [-0.39, 0.29) is 17.1 Å². The summed E-state index contributed by atoms with van der Waals surface area (Å²) in [5, 5.41) is 0. The van der Waals surface area contributed by atoms with E-state index < -0.39 is 5.82 Å². The molecule has 0 radical (unpaired) electrons. The average molecular weight is 404 g/mol. The number of hydrogen-bond donors (Lipinski definition) is 0. The zero-order chi connectivity index (χ0) is 13.8. The number of rotatable bonds is 4. The summed E-state index contributed by atoms with van der Waals surface area (Å²) in [5.74, 6) is -0.481. The van der Waals surface area contributed by atoms with Crippen molar-refractivity contribution in [3.63, 3.8) is 0 Å². The van der Waals surface area contributed by atoms with Gasteiger partial charge in [-0.1, -0.05) is 31.9 Å². The largest absolute Gasteiger partial charge is 0.293 e. The van der Waals surface area contributed by atoms with E-state index in [0.717, 1.165) is 9.37 Å². The van der Waals surface area contributed by atoms with Gasteiger partial charge in [0, 0.05) is 13.8 Å². The molecule has 98 valence electrons. The quantitative estimate of drug-likeness (QED) is 0.507. The summed E-state index contributed by atoms with van der Waals surface area (Å²) < 4.78 is 15.2. The molecule has 5 heteroatoms. The Labute approximate surface area is 131 Å². The molecule has 0 aliphatic rings. The lowest BCUT2D eigenvalue weighted by atomic mass is 10.1. The summed E-state index contributed by atoms with van der Waals surface area (Å²) in [7, 11) is 0. The van der Waals surface area contributed by atoms with E-state index in [1.807, 2.05) is 24.3 Å². The van der Waals surface area contributed by atoms with Crippen molar-refractivity contribution in [3.05, 3.63) is 62.8 Å². The van der Waals surface area contributed by atoms with Crippen LogP contribution in [0.3, 0.4) is 0 Å². The molecule has 0 aliphatic carbocycles. The number of ketones is 1. The molecule has 0 fully saturated rings. The fourth-order valence-electron chi connectivity index (χ4n) is 1.47. The van der Waals surface area contributed by atoms with Crippen molar-refractivity contribution in [2.24, 2.45) is 0 Å². The number of Topliss-reactive ketones (excluding diaryl/α,β-unsaturated/α-hetero) is 1. The third kappa shape index (κ3) is 4.16. The van der Waals surface area contributed by atoms with Crippen molar-refractivity contribution in [3.8, 4) is 0 Å². The highest BCUT2D eigenvalue weighted by atomic mass is 79.9. The van der Waals surface area contributed by atoms with Gasteiger partial charge in [0.1, 0.15) is 5.82 Å². The molecule has 0 aromatic heterocycles. The van der Waals surface area contributed by atoms with Crippen LogP contribution in [0.4, 0.5) is 4.39 Å². The summed E-state index contributed by atoms with van der Waals surface area (Å²) in [6.45, 7) is 0. The molecule has 0 amide bonds. The van der Waals surface area contributed by atoms with Crippen LogP contribution in [0, 0.1) is 5.82 Å². The van der Waals surface area contributed by atoms with Gasteiger partial charge in [-0.2, -0.15) is 0 Å². The van der Waals surface area contributed by atoms with Gasteiger partial charge in [-0.25, -0.2) is 4.39 Å². The van der Waals surface area contributed by atoms with Crippen molar-refractivity contribution < 1.29 is 9.18 Å². The standard InChI is InChI=1S/C14H9Br2FOS/c15-9-1-4-11(5-2-9)19-8-14(18)12-7-10(16)3-6-13(12)17/h1-7H,8H2. The highest BCUT2D eigenvalue weighted by Gasteiger charge is 2.12. The van der Waals surface area contributed by atoms with Gasteiger partial charge >= 0.3 is 0 Å². The fraction of sp³-hybridized carbons (Fsp3) is 0.0714. The van der Waals surface area contributed by atoms with Gasteiger partial charge < -0.3 is 0 Å². The van der Waals surface area contributed by atoms with Crippen LogP contribution >= 0.6 is 43.6 Å². The van der Waals surface area contributed by atoms with Crippen molar-refractivity contribution in [1.82, 2.24) is 0 Å². The molecule has 2 rings (SSSR count). The van der Waals surface area contributed by atoms with E-state index in [1.54, 1.807) is 6.07 Å². The van der Waals surface area contributed by atoms with E-state index in [2.05, 4.69) is 31.9 Å². The summed E-state index contributed by atoms with van der Waals surface area (Å²) in [5.41, 5.74) is 0.124. The van der Waals surface area contributed by atoms with Crippen molar-refractivity contribution in [1.29, 1.82) is 0 Å². The van der Waals surface area contributed by atoms with Crippen molar-refractivity contribution in [2.45, 2.75) is 4.90 Å². The van der Waals surface area contributed by atoms with Gasteiger partial charge in [-0.3, -0.25) is 4.79 Å².